The monoisotopic (exact) mass is 305 g/mol. The Morgan fingerprint density at radius 1 is 1.43 bits per heavy atom. The first kappa shape index (κ1) is 13.9. The minimum Gasteiger partial charge on any atom is -0.370 e. The molecule has 0 unspecified atom stereocenters. The van der Waals surface area contributed by atoms with Crippen molar-refractivity contribution in [1.29, 1.82) is 0 Å². The number of aromatic nitrogens is 3. The van der Waals surface area contributed by atoms with Crippen molar-refractivity contribution in [3.63, 3.8) is 0 Å². The van der Waals surface area contributed by atoms with Crippen LogP contribution in [0, 0.1) is 0 Å². The van der Waals surface area contributed by atoms with Gasteiger partial charge in [-0.05, 0) is 19.1 Å². The average molecular weight is 306 g/mol. The highest BCUT2D eigenvalue weighted by molar-refractivity contribution is 6.29. The third-order valence-corrected chi connectivity index (χ3v) is 3.62. The summed E-state index contributed by atoms with van der Waals surface area (Å²) in [6, 6.07) is 3.34. The van der Waals surface area contributed by atoms with E-state index in [0.29, 0.717) is 29.6 Å². The Morgan fingerprint density at radius 2 is 2.29 bits per heavy atom. The molecule has 6 nitrogen and oxygen atoms in total. The SMILES string of the molecule is CCNc1cc(C(=O)N2CCn3ccnc3C2)cc(Cl)n1. The van der Waals surface area contributed by atoms with E-state index in [1.54, 1.807) is 23.2 Å². The molecule has 1 N–H and O–H groups in total. The number of halogens is 1. The number of nitrogens with zero attached hydrogens (tertiary/aromatic N) is 4. The van der Waals surface area contributed by atoms with Crippen LogP contribution >= 0.6 is 11.6 Å². The van der Waals surface area contributed by atoms with Gasteiger partial charge in [-0.2, -0.15) is 0 Å². The van der Waals surface area contributed by atoms with Gasteiger partial charge in [0.15, 0.2) is 0 Å². The lowest BCUT2D eigenvalue weighted by Crippen LogP contribution is -2.38. The van der Waals surface area contributed by atoms with Crippen molar-refractivity contribution in [3.05, 3.63) is 41.1 Å². The smallest absolute Gasteiger partial charge is 0.254 e. The third-order valence-electron chi connectivity index (χ3n) is 3.43. The molecule has 3 rings (SSSR count). The summed E-state index contributed by atoms with van der Waals surface area (Å²) in [6.07, 6.45) is 3.69. The van der Waals surface area contributed by atoms with Gasteiger partial charge in [-0.1, -0.05) is 11.6 Å². The second kappa shape index (κ2) is 5.73. The summed E-state index contributed by atoms with van der Waals surface area (Å²) in [5.74, 6) is 1.47. The largest absolute Gasteiger partial charge is 0.370 e. The van der Waals surface area contributed by atoms with Crippen LogP contribution < -0.4 is 5.32 Å². The van der Waals surface area contributed by atoms with E-state index in [2.05, 4.69) is 19.9 Å². The van der Waals surface area contributed by atoms with Crippen LogP contribution in [0.1, 0.15) is 23.1 Å². The van der Waals surface area contributed by atoms with E-state index in [-0.39, 0.29) is 5.91 Å². The van der Waals surface area contributed by atoms with Crippen molar-refractivity contribution in [1.82, 2.24) is 19.4 Å². The van der Waals surface area contributed by atoms with Crippen molar-refractivity contribution in [3.8, 4) is 0 Å². The summed E-state index contributed by atoms with van der Waals surface area (Å²) < 4.78 is 2.06. The van der Waals surface area contributed by atoms with Crippen molar-refractivity contribution in [2.45, 2.75) is 20.0 Å². The number of carbonyl (C=O) groups excluding carboxylic acids is 1. The van der Waals surface area contributed by atoms with E-state index in [4.69, 9.17) is 11.6 Å². The lowest BCUT2D eigenvalue weighted by atomic mass is 10.2. The Morgan fingerprint density at radius 3 is 3.10 bits per heavy atom. The molecule has 21 heavy (non-hydrogen) atoms. The maximum atomic E-state index is 12.6. The van der Waals surface area contributed by atoms with Crippen LogP contribution in [0.4, 0.5) is 5.82 Å². The zero-order valence-corrected chi connectivity index (χ0v) is 12.5. The molecule has 0 radical (unpaired) electrons. The molecule has 1 amide bonds. The highest BCUT2D eigenvalue weighted by Crippen LogP contribution is 2.19. The zero-order chi connectivity index (χ0) is 14.8. The fourth-order valence-corrected chi connectivity index (χ4v) is 2.63. The first-order valence-electron chi connectivity index (χ1n) is 6.88. The fourth-order valence-electron chi connectivity index (χ4n) is 2.42. The number of pyridine rings is 1. The van der Waals surface area contributed by atoms with E-state index >= 15 is 0 Å². The second-order valence-electron chi connectivity index (χ2n) is 4.86. The summed E-state index contributed by atoms with van der Waals surface area (Å²) in [6.45, 7) is 4.64. The third kappa shape index (κ3) is 2.85. The first-order chi connectivity index (χ1) is 10.2. The molecule has 0 atom stereocenters. The summed E-state index contributed by atoms with van der Waals surface area (Å²) >= 11 is 5.99. The van der Waals surface area contributed by atoms with Crippen LogP contribution in [0.2, 0.25) is 5.15 Å². The molecule has 110 valence electrons. The van der Waals surface area contributed by atoms with Crippen LogP contribution in [0.5, 0.6) is 0 Å². The topological polar surface area (TPSA) is 63.1 Å². The van der Waals surface area contributed by atoms with Crippen LogP contribution in [0.25, 0.3) is 0 Å². The molecule has 0 aliphatic carbocycles. The van der Waals surface area contributed by atoms with Gasteiger partial charge in [0.25, 0.3) is 5.91 Å². The number of nitrogens with one attached hydrogen (secondary N) is 1. The van der Waals surface area contributed by atoms with Gasteiger partial charge in [0, 0.05) is 37.6 Å². The van der Waals surface area contributed by atoms with Crippen LogP contribution in [0.15, 0.2) is 24.5 Å². The Hall–Kier alpha value is -2.08. The number of anilines is 1. The molecule has 0 saturated carbocycles. The first-order valence-corrected chi connectivity index (χ1v) is 7.26. The molecule has 0 spiro atoms. The molecule has 1 aliphatic rings. The Labute approximate surface area is 127 Å². The highest BCUT2D eigenvalue weighted by Gasteiger charge is 2.23. The Bertz CT molecular complexity index is 669. The number of hydrogen-bond acceptors (Lipinski definition) is 4. The zero-order valence-electron chi connectivity index (χ0n) is 11.7. The summed E-state index contributed by atoms with van der Waals surface area (Å²) in [5, 5.41) is 3.39. The molecule has 0 bridgehead atoms. The molecule has 0 saturated heterocycles. The molecule has 1 aliphatic heterocycles. The standard InChI is InChI=1S/C14H16ClN5O/c1-2-16-12-8-10(7-11(15)18-12)14(21)20-6-5-19-4-3-17-13(19)9-20/h3-4,7-8H,2,5-6,9H2,1H3,(H,16,18). The van der Waals surface area contributed by atoms with Gasteiger partial charge in [0.1, 0.15) is 16.8 Å². The van der Waals surface area contributed by atoms with E-state index in [0.717, 1.165) is 18.9 Å². The van der Waals surface area contributed by atoms with Crippen molar-refractivity contribution in [2.24, 2.45) is 0 Å². The van der Waals surface area contributed by atoms with Gasteiger partial charge in [-0.15, -0.1) is 0 Å². The fraction of sp³-hybridized carbons (Fsp3) is 0.357. The minimum atomic E-state index is -0.0484. The Kier molecular flexibility index (Phi) is 3.79. The Balaban J connectivity index is 1.82. The van der Waals surface area contributed by atoms with E-state index in [1.165, 1.54) is 0 Å². The van der Waals surface area contributed by atoms with Gasteiger partial charge in [-0.3, -0.25) is 4.79 Å². The predicted octanol–water partition coefficient (Wildman–Crippen LogP) is 2.02. The van der Waals surface area contributed by atoms with Gasteiger partial charge < -0.3 is 14.8 Å². The summed E-state index contributed by atoms with van der Waals surface area (Å²) in [7, 11) is 0. The van der Waals surface area contributed by atoms with Crippen LogP contribution in [-0.2, 0) is 13.1 Å². The molecule has 2 aromatic heterocycles. The maximum Gasteiger partial charge on any atom is 0.254 e. The highest BCUT2D eigenvalue weighted by atomic mass is 35.5. The lowest BCUT2D eigenvalue weighted by molar-refractivity contribution is 0.0707. The van der Waals surface area contributed by atoms with Crippen molar-refractivity contribution >= 4 is 23.3 Å². The maximum absolute atomic E-state index is 12.6. The molecular formula is C14H16ClN5O. The number of rotatable bonds is 3. The van der Waals surface area contributed by atoms with E-state index < -0.39 is 0 Å². The van der Waals surface area contributed by atoms with Gasteiger partial charge in [0.2, 0.25) is 0 Å². The quantitative estimate of drug-likeness (QED) is 0.881. The second-order valence-corrected chi connectivity index (χ2v) is 5.24. The normalized spacial score (nSPS) is 13.9. The molecule has 7 heteroatoms. The van der Waals surface area contributed by atoms with Crippen molar-refractivity contribution in [2.75, 3.05) is 18.4 Å². The number of carbonyl (C=O) groups is 1. The molecular weight excluding hydrogens is 290 g/mol. The van der Waals surface area contributed by atoms with E-state index in [9.17, 15) is 4.79 Å². The number of hydrogen-bond donors (Lipinski definition) is 1. The van der Waals surface area contributed by atoms with Gasteiger partial charge >= 0.3 is 0 Å². The number of imidazole rings is 1. The van der Waals surface area contributed by atoms with Crippen LogP contribution in [0.3, 0.4) is 0 Å². The van der Waals surface area contributed by atoms with Gasteiger partial charge in [0.05, 0.1) is 6.54 Å². The number of amides is 1. The molecule has 2 aromatic rings. The van der Waals surface area contributed by atoms with Gasteiger partial charge in [-0.25, -0.2) is 9.97 Å². The minimum absolute atomic E-state index is 0.0484. The molecule has 0 aromatic carbocycles. The number of fused-ring (bicyclic) bond motifs is 1. The molecule has 3 heterocycles. The predicted molar refractivity (Wildman–Crippen MR) is 80.4 cm³/mol. The average Bonchev–Trinajstić information content (AvgIpc) is 2.93. The lowest BCUT2D eigenvalue weighted by Gasteiger charge is -2.27. The summed E-state index contributed by atoms with van der Waals surface area (Å²) in [5.41, 5.74) is 0.547. The van der Waals surface area contributed by atoms with Crippen LogP contribution in [-0.4, -0.2) is 38.4 Å². The summed E-state index contributed by atoms with van der Waals surface area (Å²) in [4.78, 5) is 22.8. The van der Waals surface area contributed by atoms with E-state index in [1.807, 2.05) is 13.1 Å². The van der Waals surface area contributed by atoms with Crippen molar-refractivity contribution < 1.29 is 4.79 Å². The molecule has 0 fully saturated rings.